The molecule has 0 spiro atoms. The summed E-state index contributed by atoms with van der Waals surface area (Å²) >= 11 is 0. The van der Waals surface area contributed by atoms with Gasteiger partial charge in [-0.25, -0.2) is 0 Å². The summed E-state index contributed by atoms with van der Waals surface area (Å²) in [5.41, 5.74) is 0.298. The molecule has 0 aliphatic carbocycles. The van der Waals surface area contributed by atoms with E-state index < -0.39 is 4.92 Å². The van der Waals surface area contributed by atoms with Crippen LogP contribution in [0.2, 0.25) is 0 Å². The molecular formula is C9H9NO4. The van der Waals surface area contributed by atoms with Crippen molar-refractivity contribution < 1.29 is 14.8 Å². The molecular weight excluding hydrogens is 186 g/mol. The number of phenols is 1. The minimum absolute atomic E-state index is 0.0533. The predicted molar refractivity (Wildman–Crippen MR) is 50.7 cm³/mol. The highest BCUT2D eigenvalue weighted by atomic mass is 16.6. The van der Waals surface area contributed by atoms with Crippen LogP contribution in [0.15, 0.2) is 24.4 Å². The van der Waals surface area contributed by atoms with E-state index >= 15 is 0 Å². The van der Waals surface area contributed by atoms with E-state index in [-0.39, 0.29) is 5.75 Å². The van der Waals surface area contributed by atoms with Crippen molar-refractivity contribution in [3.05, 3.63) is 40.1 Å². The first-order chi connectivity index (χ1) is 6.65. The Morgan fingerprint density at radius 3 is 2.86 bits per heavy atom. The third kappa shape index (κ3) is 2.22. The van der Waals surface area contributed by atoms with Crippen LogP contribution in [0.5, 0.6) is 11.5 Å². The van der Waals surface area contributed by atoms with Gasteiger partial charge in [0.1, 0.15) is 11.5 Å². The summed E-state index contributed by atoms with van der Waals surface area (Å²) in [5, 5.41) is 19.5. The molecule has 0 aliphatic rings. The third-order valence-electron chi connectivity index (χ3n) is 1.63. The van der Waals surface area contributed by atoms with Crippen LogP contribution in [-0.2, 0) is 0 Å². The highest BCUT2D eigenvalue weighted by Crippen LogP contribution is 2.28. The zero-order valence-electron chi connectivity index (χ0n) is 7.51. The van der Waals surface area contributed by atoms with Crippen molar-refractivity contribution in [3.63, 3.8) is 0 Å². The number of hydrogen-bond acceptors (Lipinski definition) is 4. The quantitative estimate of drug-likeness (QED) is 0.587. The minimum Gasteiger partial charge on any atom is -0.507 e. The van der Waals surface area contributed by atoms with E-state index in [1.807, 2.05) is 0 Å². The van der Waals surface area contributed by atoms with Crippen LogP contribution in [0.4, 0.5) is 0 Å². The first kappa shape index (κ1) is 10.0. The third-order valence-corrected chi connectivity index (χ3v) is 1.63. The molecule has 0 saturated heterocycles. The van der Waals surface area contributed by atoms with Crippen LogP contribution >= 0.6 is 0 Å². The van der Waals surface area contributed by atoms with Gasteiger partial charge in [0.15, 0.2) is 0 Å². The summed E-state index contributed by atoms with van der Waals surface area (Å²) in [7, 11) is 1.43. The number of aromatic hydroxyl groups is 1. The number of nitrogens with zero attached hydrogens (tertiary/aromatic N) is 1. The van der Waals surface area contributed by atoms with Gasteiger partial charge in [0, 0.05) is 6.08 Å². The van der Waals surface area contributed by atoms with Crippen LogP contribution in [-0.4, -0.2) is 17.1 Å². The van der Waals surface area contributed by atoms with Crippen LogP contribution in [0.1, 0.15) is 5.56 Å². The van der Waals surface area contributed by atoms with Gasteiger partial charge in [0.05, 0.1) is 17.6 Å². The van der Waals surface area contributed by atoms with Crippen molar-refractivity contribution in [2.75, 3.05) is 7.11 Å². The molecule has 0 atom stereocenters. The normalized spacial score (nSPS) is 10.4. The summed E-state index contributed by atoms with van der Waals surface area (Å²) in [6.07, 6.45) is 1.94. The summed E-state index contributed by atoms with van der Waals surface area (Å²) in [6, 6.07) is 4.64. The fourth-order valence-electron chi connectivity index (χ4n) is 1.01. The summed E-state index contributed by atoms with van der Waals surface area (Å²) in [5.74, 6) is 0.338. The lowest BCUT2D eigenvalue weighted by atomic mass is 10.2. The molecule has 0 aromatic heterocycles. The van der Waals surface area contributed by atoms with Crippen molar-refractivity contribution in [2.45, 2.75) is 0 Å². The average Bonchev–Trinajstić information content (AvgIpc) is 2.15. The first-order valence-corrected chi connectivity index (χ1v) is 3.83. The number of rotatable bonds is 3. The van der Waals surface area contributed by atoms with Crippen LogP contribution in [0.25, 0.3) is 6.08 Å². The average molecular weight is 195 g/mol. The van der Waals surface area contributed by atoms with Crippen molar-refractivity contribution in [2.24, 2.45) is 0 Å². The van der Waals surface area contributed by atoms with E-state index in [4.69, 9.17) is 4.74 Å². The van der Waals surface area contributed by atoms with E-state index in [0.29, 0.717) is 11.3 Å². The van der Waals surface area contributed by atoms with Gasteiger partial charge in [-0.2, -0.15) is 0 Å². The molecule has 0 unspecified atom stereocenters. The van der Waals surface area contributed by atoms with Gasteiger partial charge in [-0.05, 0) is 12.1 Å². The summed E-state index contributed by atoms with van der Waals surface area (Å²) in [6.45, 7) is 0. The van der Waals surface area contributed by atoms with Gasteiger partial charge >= 0.3 is 0 Å². The van der Waals surface area contributed by atoms with Gasteiger partial charge in [0.2, 0.25) is 6.20 Å². The Bertz CT molecular complexity index is 373. The fourth-order valence-corrected chi connectivity index (χ4v) is 1.01. The van der Waals surface area contributed by atoms with E-state index in [1.165, 1.54) is 19.3 Å². The zero-order chi connectivity index (χ0) is 10.6. The van der Waals surface area contributed by atoms with Gasteiger partial charge < -0.3 is 9.84 Å². The second-order valence-electron chi connectivity index (χ2n) is 2.49. The lowest BCUT2D eigenvalue weighted by molar-refractivity contribution is -0.400. The molecule has 0 bridgehead atoms. The SMILES string of the molecule is COc1cccc(O)c1C=C[N+](=O)[O-]. The topological polar surface area (TPSA) is 72.6 Å². The molecule has 0 aliphatic heterocycles. The highest BCUT2D eigenvalue weighted by molar-refractivity contribution is 5.63. The number of phenolic OH excluding ortho intramolecular Hbond substituents is 1. The van der Waals surface area contributed by atoms with E-state index in [1.54, 1.807) is 12.1 Å². The molecule has 1 rings (SSSR count). The van der Waals surface area contributed by atoms with Crippen molar-refractivity contribution >= 4 is 6.08 Å². The second kappa shape index (κ2) is 4.27. The second-order valence-corrected chi connectivity index (χ2v) is 2.49. The van der Waals surface area contributed by atoms with Gasteiger partial charge in [-0.3, -0.25) is 10.1 Å². The number of nitro groups is 1. The Morgan fingerprint density at radius 1 is 1.57 bits per heavy atom. The molecule has 1 N–H and O–H groups in total. The maximum absolute atomic E-state index is 10.1. The largest absolute Gasteiger partial charge is 0.507 e. The standard InChI is InChI=1S/C9H9NO4/c1-14-9-4-2-3-8(11)7(9)5-6-10(12)13/h2-6,11H,1H3. The molecule has 1 aromatic carbocycles. The van der Waals surface area contributed by atoms with Gasteiger partial charge in [-0.1, -0.05) is 6.07 Å². The molecule has 0 heterocycles. The monoisotopic (exact) mass is 195 g/mol. The Balaban J connectivity index is 3.11. The minimum atomic E-state index is -0.605. The van der Waals surface area contributed by atoms with Crippen LogP contribution in [0, 0.1) is 10.1 Å². The molecule has 14 heavy (non-hydrogen) atoms. The molecule has 0 saturated carbocycles. The number of benzene rings is 1. The number of ether oxygens (including phenoxy) is 1. The van der Waals surface area contributed by atoms with Gasteiger partial charge in [-0.15, -0.1) is 0 Å². The predicted octanol–water partition coefficient (Wildman–Crippen LogP) is 1.65. The molecule has 5 nitrogen and oxygen atoms in total. The lowest BCUT2D eigenvalue weighted by Gasteiger charge is -2.04. The zero-order valence-corrected chi connectivity index (χ0v) is 7.51. The first-order valence-electron chi connectivity index (χ1n) is 3.83. The number of hydrogen-bond donors (Lipinski definition) is 1. The maximum Gasteiger partial charge on any atom is 0.235 e. The fraction of sp³-hybridized carbons (Fsp3) is 0.111. The molecule has 0 amide bonds. The molecule has 0 radical (unpaired) electrons. The Morgan fingerprint density at radius 2 is 2.29 bits per heavy atom. The van der Waals surface area contributed by atoms with Crippen LogP contribution in [0.3, 0.4) is 0 Å². The van der Waals surface area contributed by atoms with Crippen molar-refractivity contribution in [1.82, 2.24) is 0 Å². The molecule has 74 valence electrons. The Labute approximate surface area is 80.4 Å². The summed E-state index contributed by atoms with van der Waals surface area (Å²) in [4.78, 5) is 9.47. The van der Waals surface area contributed by atoms with E-state index in [2.05, 4.69) is 0 Å². The molecule has 5 heteroatoms. The van der Waals surface area contributed by atoms with Crippen molar-refractivity contribution in [3.8, 4) is 11.5 Å². The number of methoxy groups -OCH3 is 1. The van der Waals surface area contributed by atoms with Gasteiger partial charge in [0.25, 0.3) is 0 Å². The Hall–Kier alpha value is -2.04. The van der Waals surface area contributed by atoms with Crippen LogP contribution < -0.4 is 4.74 Å². The lowest BCUT2D eigenvalue weighted by Crippen LogP contribution is -1.88. The smallest absolute Gasteiger partial charge is 0.235 e. The van der Waals surface area contributed by atoms with E-state index in [9.17, 15) is 15.2 Å². The molecule has 0 fully saturated rings. The highest BCUT2D eigenvalue weighted by Gasteiger charge is 2.05. The molecule has 1 aromatic rings. The van der Waals surface area contributed by atoms with Crippen molar-refractivity contribution in [1.29, 1.82) is 0 Å². The van der Waals surface area contributed by atoms with E-state index in [0.717, 1.165) is 6.20 Å². The summed E-state index contributed by atoms with van der Waals surface area (Å²) < 4.78 is 4.92. The maximum atomic E-state index is 10.1. The Kier molecular flexibility index (Phi) is 3.06.